The van der Waals surface area contributed by atoms with Gasteiger partial charge in [0.1, 0.15) is 23.7 Å². The normalized spacial score (nSPS) is 19.4. The number of likely N-dealkylation sites (tertiary alicyclic amines) is 2. The van der Waals surface area contributed by atoms with Crippen LogP contribution in [0.3, 0.4) is 0 Å². The Hall–Kier alpha value is -7.30. The van der Waals surface area contributed by atoms with Crippen LogP contribution in [0.15, 0.2) is 122 Å². The van der Waals surface area contributed by atoms with E-state index in [1.54, 1.807) is 70.7 Å². The van der Waals surface area contributed by atoms with Gasteiger partial charge in [0.25, 0.3) is 11.8 Å². The summed E-state index contributed by atoms with van der Waals surface area (Å²) in [7, 11) is 2.97. The lowest BCUT2D eigenvalue weighted by molar-refractivity contribution is -0.135. The van der Waals surface area contributed by atoms with E-state index in [0.29, 0.717) is 35.6 Å². The van der Waals surface area contributed by atoms with Crippen molar-refractivity contribution in [1.29, 1.82) is 0 Å². The molecule has 2 aromatic heterocycles. The molecule has 0 unspecified atom stereocenters. The van der Waals surface area contributed by atoms with Crippen LogP contribution in [0.5, 0.6) is 0 Å². The number of carbonyl (C=O) groups excluding carboxylic acids is 4. The molecule has 318 valence electrons. The van der Waals surface area contributed by atoms with Crippen molar-refractivity contribution in [3.05, 3.63) is 144 Å². The van der Waals surface area contributed by atoms with E-state index in [4.69, 9.17) is 0 Å². The van der Waals surface area contributed by atoms with Gasteiger partial charge in [-0.2, -0.15) is 0 Å². The van der Waals surface area contributed by atoms with Crippen molar-refractivity contribution in [2.24, 2.45) is 0 Å². The Labute approximate surface area is 357 Å². The number of aliphatic hydroxyl groups is 2. The summed E-state index contributed by atoms with van der Waals surface area (Å²) in [6, 6.07) is 30.1. The lowest BCUT2D eigenvalue weighted by Crippen LogP contribution is -2.45. The molecule has 6 atom stereocenters. The monoisotopic (exact) mass is 836 g/mol. The second kappa shape index (κ2) is 18.1. The van der Waals surface area contributed by atoms with Gasteiger partial charge in [-0.15, -0.1) is 0 Å². The quantitative estimate of drug-likeness (QED) is 0.0909. The number of aromatic nitrogens is 4. The molecule has 2 saturated heterocycles. The van der Waals surface area contributed by atoms with Crippen LogP contribution < -0.4 is 21.3 Å². The number of benzene rings is 4. The molecule has 6 amide bonds. The van der Waals surface area contributed by atoms with Crippen molar-refractivity contribution in [3.8, 4) is 33.6 Å². The predicted octanol–water partition coefficient (Wildman–Crippen LogP) is 4.74. The van der Waals surface area contributed by atoms with Crippen LogP contribution in [0, 0.1) is 0 Å². The Bertz CT molecular complexity index is 2340. The van der Waals surface area contributed by atoms with Gasteiger partial charge in [-0.25, -0.2) is 19.6 Å². The molecule has 4 aromatic carbocycles. The van der Waals surface area contributed by atoms with Gasteiger partial charge in [0.2, 0.25) is 0 Å². The summed E-state index contributed by atoms with van der Waals surface area (Å²) in [6.45, 7) is 0.207. The van der Waals surface area contributed by atoms with Gasteiger partial charge in [0.15, 0.2) is 0 Å². The van der Waals surface area contributed by atoms with Gasteiger partial charge in [-0.05, 0) is 33.4 Å². The summed E-state index contributed by atoms with van der Waals surface area (Å²) < 4.78 is 0. The molecule has 16 nitrogen and oxygen atoms in total. The van der Waals surface area contributed by atoms with E-state index in [9.17, 15) is 29.4 Å². The molecule has 16 heteroatoms. The van der Waals surface area contributed by atoms with Crippen LogP contribution in [0.1, 0.15) is 59.8 Å². The number of carbonyl (C=O) groups is 4. The summed E-state index contributed by atoms with van der Waals surface area (Å²) in [6.07, 6.45) is 2.51. The first kappa shape index (κ1) is 41.4. The lowest BCUT2D eigenvalue weighted by atomic mass is 10.0. The first-order valence-electron chi connectivity index (χ1n) is 20.4. The molecule has 0 radical (unpaired) electrons. The minimum absolute atomic E-state index is 0.104. The van der Waals surface area contributed by atoms with E-state index < -0.39 is 48.4 Å². The first-order chi connectivity index (χ1) is 30.1. The number of aliphatic hydroxyl groups excluding tert-OH is 2. The fourth-order valence-corrected chi connectivity index (χ4v) is 8.23. The zero-order chi connectivity index (χ0) is 43.3. The number of hydrogen-bond acceptors (Lipinski definition) is 8. The van der Waals surface area contributed by atoms with Crippen LogP contribution in [-0.4, -0.2) is 103 Å². The van der Waals surface area contributed by atoms with Crippen LogP contribution in [-0.2, 0) is 9.59 Å². The number of β-amino-alcohol motifs (C(OH)–C–C–N with tert-alkyl or cyclic N) is 2. The molecule has 2 aliphatic rings. The molecular formula is C46H48N10O6. The smallest absolute Gasteiger partial charge is 0.315 e. The zero-order valence-electron chi connectivity index (χ0n) is 34.2. The SMILES string of the molecule is CNC(=O)N[C@@H](C(=O)N1C[C@H](O)C[C@H]1c1ncc(-c2ccc(-c3ccc(-c4cnc([C@@H]5C[C@@H](O)CN5C(=O)[C@H](NC(=O)NC)c5ccccc5)[nH]4)cc3)cc2)[nH]1)c1ccccc1. The van der Waals surface area contributed by atoms with E-state index in [1.807, 2.05) is 60.7 Å². The van der Waals surface area contributed by atoms with Gasteiger partial charge < -0.3 is 51.2 Å². The highest BCUT2D eigenvalue weighted by molar-refractivity contribution is 5.89. The lowest BCUT2D eigenvalue weighted by Gasteiger charge is -2.28. The van der Waals surface area contributed by atoms with Crippen molar-refractivity contribution in [1.82, 2.24) is 51.0 Å². The Balaban J connectivity index is 0.944. The third-order valence-corrected chi connectivity index (χ3v) is 11.4. The third-order valence-electron chi connectivity index (χ3n) is 11.4. The van der Waals surface area contributed by atoms with Crippen molar-refractivity contribution in [2.75, 3.05) is 27.2 Å². The van der Waals surface area contributed by atoms with E-state index in [-0.39, 0.29) is 24.9 Å². The number of aromatic amines is 2. The molecule has 8 N–H and O–H groups in total. The maximum Gasteiger partial charge on any atom is 0.315 e. The van der Waals surface area contributed by atoms with Gasteiger partial charge in [-0.3, -0.25) is 9.59 Å². The molecule has 0 saturated carbocycles. The number of hydrogen-bond donors (Lipinski definition) is 8. The summed E-state index contributed by atoms with van der Waals surface area (Å²) in [5.74, 6) is 0.382. The van der Waals surface area contributed by atoms with Crippen molar-refractivity contribution in [3.63, 3.8) is 0 Å². The van der Waals surface area contributed by atoms with Crippen LogP contribution >= 0.6 is 0 Å². The first-order valence-corrected chi connectivity index (χ1v) is 20.4. The average molecular weight is 837 g/mol. The highest BCUT2D eigenvalue weighted by atomic mass is 16.3. The third kappa shape index (κ3) is 8.77. The fourth-order valence-electron chi connectivity index (χ4n) is 8.23. The van der Waals surface area contributed by atoms with Gasteiger partial charge in [0, 0.05) is 40.0 Å². The second-order valence-corrected chi connectivity index (χ2v) is 15.4. The van der Waals surface area contributed by atoms with Crippen molar-refractivity contribution in [2.45, 2.75) is 49.2 Å². The highest BCUT2D eigenvalue weighted by Gasteiger charge is 2.42. The number of H-pyrrole nitrogens is 2. The Morgan fingerprint density at radius 1 is 0.565 bits per heavy atom. The molecule has 0 bridgehead atoms. The summed E-state index contributed by atoms with van der Waals surface area (Å²) >= 11 is 0. The second-order valence-electron chi connectivity index (χ2n) is 15.4. The van der Waals surface area contributed by atoms with E-state index in [1.165, 1.54) is 14.1 Å². The average Bonchev–Trinajstić information content (AvgIpc) is 4.14. The van der Waals surface area contributed by atoms with Crippen molar-refractivity contribution < 1.29 is 29.4 Å². The maximum atomic E-state index is 14.0. The molecule has 2 aliphatic heterocycles. The Morgan fingerprint density at radius 2 is 0.919 bits per heavy atom. The number of imidazole rings is 2. The molecule has 2 fully saturated rings. The Morgan fingerprint density at radius 3 is 1.27 bits per heavy atom. The number of nitrogens with zero attached hydrogens (tertiary/aromatic N) is 4. The zero-order valence-corrected chi connectivity index (χ0v) is 34.2. The number of urea groups is 2. The molecule has 4 heterocycles. The largest absolute Gasteiger partial charge is 0.391 e. The fraction of sp³-hybridized carbons (Fsp3) is 0.261. The van der Waals surface area contributed by atoms with Crippen molar-refractivity contribution >= 4 is 23.9 Å². The van der Waals surface area contributed by atoms with E-state index in [0.717, 1.165) is 33.6 Å². The summed E-state index contributed by atoms with van der Waals surface area (Å²) in [4.78, 5) is 71.8. The highest BCUT2D eigenvalue weighted by Crippen LogP contribution is 2.36. The summed E-state index contributed by atoms with van der Waals surface area (Å²) in [5.41, 5.74) is 6.51. The summed E-state index contributed by atoms with van der Waals surface area (Å²) in [5, 5.41) is 31.9. The Kier molecular flexibility index (Phi) is 12.1. The van der Waals surface area contributed by atoms with E-state index >= 15 is 0 Å². The minimum atomic E-state index is -0.952. The van der Waals surface area contributed by atoms with Crippen LogP contribution in [0.25, 0.3) is 33.6 Å². The number of amides is 6. The van der Waals surface area contributed by atoms with Crippen LogP contribution in [0.4, 0.5) is 9.59 Å². The van der Waals surface area contributed by atoms with E-state index in [2.05, 4.69) is 41.2 Å². The topological polar surface area (TPSA) is 221 Å². The molecule has 62 heavy (non-hydrogen) atoms. The number of nitrogens with one attached hydrogen (secondary N) is 6. The number of rotatable bonds is 11. The minimum Gasteiger partial charge on any atom is -0.391 e. The predicted molar refractivity (Wildman–Crippen MR) is 231 cm³/mol. The molecule has 0 spiro atoms. The molecule has 6 aromatic rings. The van der Waals surface area contributed by atoms with Crippen LogP contribution in [0.2, 0.25) is 0 Å². The molecule has 8 rings (SSSR count). The maximum absolute atomic E-state index is 14.0. The standard InChI is InChI=1S/C46H48N10O6/c1-47-45(61)53-39(31-9-5-3-6-10-31)43(59)55-25-33(57)21-37(55)41-49-23-35(51-41)29-17-13-27(14-18-29)28-15-19-30(20-16-28)36-24-50-42(52-36)38-22-34(58)26-56(38)44(60)40(54-46(62)48-2)32-11-7-4-8-12-32/h3-20,23-24,33-34,37-40,57-58H,21-22,25-26H2,1-2H3,(H,49,51)(H,50,52)(H2,47,53,61)(H2,48,54,62)/t33-,34-,37+,38+,39-,40-/m1/s1. The molecular weight excluding hydrogens is 789 g/mol. The van der Waals surface area contributed by atoms with Gasteiger partial charge in [-0.1, -0.05) is 109 Å². The molecule has 0 aliphatic carbocycles. The van der Waals surface area contributed by atoms with Gasteiger partial charge in [0.05, 0.1) is 48.1 Å². The van der Waals surface area contributed by atoms with Gasteiger partial charge >= 0.3 is 12.1 Å².